The number of nitrogens with zero attached hydrogens (tertiary/aromatic N) is 2. The first-order chi connectivity index (χ1) is 13.0. The molecule has 142 valence electrons. The summed E-state index contributed by atoms with van der Waals surface area (Å²) in [4.78, 5) is 16.3. The van der Waals surface area contributed by atoms with Gasteiger partial charge in [-0.1, -0.05) is 11.6 Å². The van der Waals surface area contributed by atoms with E-state index in [1.165, 1.54) is 6.07 Å². The maximum atomic E-state index is 14.5. The van der Waals surface area contributed by atoms with Gasteiger partial charge in [0, 0.05) is 55.1 Å². The molecule has 1 N–H and O–H groups in total. The Kier molecular flexibility index (Phi) is 4.93. The van der Waals surface area contributed by atoms with Crippen LogP contribution in [0.5, 0.6) is 5.75 Å². The molecule has 2 aromatic carbocycles. The quantitative estimate of drug-likeness (QED) is 0.872. The standard InChI is InChI=1S/C20H21ClFN3O2/c1-13-20(26)23-18-10-14(17(22)11-19(18)27-13)12-24-6-8-25(9-7-24)16-4-2-15(21)3-5-16/h2-5,10-11,13H,6-9,12H2,1H3,(H,23,26). The van der Waals surface area contributed by atoms with Gasteiger partial charge in [0.15, 0.2) is 6.10 Å². The lowest BCUT2D eigenvalue weighted by Crippen LogP contribution is -2.46. The Balaban J connectivity index is 1.41. The first-order valence-corrected chi connectivity index (χ1v) is 9.40. The molecule has 2 aliphatic rings. The fraction of sp³-hybridized carbons (Fsp3) is 0.350. The van der Waals surface area contributed by atoms with Crippen LogP contribution in [0.3, 0.4) is 0 Å². The van der Waals surface area contributed by atoms with Gasteiger partial charge in [-0.05, 0) is 37.3 Å². The number of nitrogens with one attached hydrogen (secondary N) is 1. The number of hydrogen-bond donors (Lipinski definition) is 1. The molecular formula is C20H21ClFN3O2. The molecule has 1 saturated heterocycles. The van der Waals surface area contributed by atoms with Crippen LogP contribution >= 0.6 is 11.6 Å². The fourth-order valence-corrected chi connectivity index (χ4v) is 3.58. The molecule has 1 fully saturated rings. The number of fused-ring (bicyclic) bond motifs is 1. The zero-order valence-corrected chi connectivity index (χ0v) is 15.8. The van der Waals surface area contributed by atoms with Gasteiger partial charge < -0.3 is 15.0 Å². The predicted octanol–water partition coefficient (Wildman–Crippen LogP) is 3.52. The number of carbonyl (C=O) groups excluding carboxylic acids is 1. The highest BCUT2D eigenvalue weighted by Crippen LogP contribution is 2.33. The van der Waals surface area contributed by atoms with E-state index < -0.39 is 6.10 Å². The highest BCUT2D eigenvalue weighted by molar-refractivity contribution is 6.30. The molecule has 2 aromatic rings. The molecule has 1 atom stereocenters. The molecule has 0 aromatic heterocycles. The summed E-state index contributed by atoms with van der Waals surface area (Å²) in [5.74, 6) is -0.134. The molecule has 4 rings (SSSR count). The normalized spacial score (nSPS) is 20.0. The van der Waals surface area contributed by atoms with Gasteiger partial charge in [-0.25, -0.2) is 4.39 Å². The summed E-state index contributed by atoms with van der Waals surface area (Å²) in [5.41, 5.74) is 2.24. The first kappa shape index (κ1) is 18.1. The van der Waals surface area contributed by atoms with Crippen molar-refractivity contribution in [2.75, 3.05) is 36.4 Å². The van der Waals surface area contributed by atoms with Crippen LogP contribution in [-0.4, -0.2) is 43.1 Å². The smallest absolute Gasteiger partial charge is 0.265 e. The van der Waals surface area contributed by atoms with Crippen LogP contribution in [0.15, 0.2) is 36.4 Å². The molecule has 1 amide bonds. The second-order valence-electron chi connectivity index (χ2n) is 6.93. The second kappa shape index (κ2) is 7.37. The Morgan fingerprint density at radius 1 is 1.19 bits per heavy atom. The summed E-state index contributed by atoms with van der Waals surface area (Å²) in [7, 11) is 0. The number of carbonyl (C=O) groups is 1. The number of ether oxygens (including phenoxy) is 1. The molecule has 27 heavy (non-hydrogen) atoms. The largest absolute Gasteiger partial charge is 0.479 e. The minimum Gasteiger partial charge on any atom is -0.479 e. The van der Waals surface area contributed by atoms with Crippen LogP contribution in [0.2, 0.25) is 5.02 Å². The van der Waals surface area contributed by atoms with Gasteiger partial charge in [-0.15, -0.1) is 0 Å². The van der Waals surface area contributed by atoms with Crippen molar-refractivity contribution in [3.63, 3.8) is 0 Å². The minimum absolute atomic E-state index is 0.211. The predicted molar refractivity (Wildman–Crippen MR) is 104 cm³/mol. The zero-order chi connectivity index (χ0) is 19.0. The van der Waals surface area contributed by atoms with E-state index in [0.717, 1.165) is 36.9 Å². The molecule has 2 heterocycles. The Hall–Kier alpha value is -2.31. The van der Waals surface area contributed by atoms with E-state index >= 15 is 0 Å². The van der Waals surface area contributed by atoms with E-state index in [2.05, 4.69) is 15.1 Å². The monoisotopic (exact) mass is 389 g/mol. The third-order valence-corrected chi connectivity index (χ3v) is 5.29. The molecule has 0 bridgehead atoms. The molecule has 0 radical (unpaired) electrons. The number of amides is 1. The summed E-state index contributed by atoms with van der Waals surface area (Å²) >= 11 is 5.95. The molecule has 0 spiro atoms. The Morgan fingerprint density at radius 3 is 2.59 bits per heavy atom. The van der Waals surface area contributed by atoms with Crippen LogP contribution in [0, 0.1) is 5.82 Å². The number of benzene rings is 2. The highest BCUT2D eigenvalue weighted by atomic mass is 35.5. The van der Waals surface area contributed by atoms with Crippen molar-refractivity contribution in [3.8, 4) is 5.75 Å². The van der Waals surface area contributed by atoms with Gasteiger partial charge in [-0.3, -0.25) is 9.69 Å². The summed E-state index contributed by atoms with van der Waals surface area (Å²) in [6.45, 7) is 5.54. The van der Waals surface area contributed by atoms with Crippen LogP contribution in [0.4, 0.5) is 15.8 Å². The third kappa shape index (κ3) is 3.87. The van der Waals surface area contributed by atoms with E-state index in [-0.39, 0.29) is 11.7 Å². The van der Waals surface area contributed by atoms with E-state index in [4.69, 9.17) is 16.3 Å². The molecular weight excluding hydrogens is 369 g/mol. The maximum Gasteiger partial charge on any atom is 0.265 e. The van der Waals surface area contributed by atoms with Crippen molar-refractivity contribution in [3.05, 3.63) is 52.8 Å². The lowest BCUT2D eigenvalue weighted by Gasteiger charge is -2.36. The fourth-order valence-electron chi connectivity index (χ4n) is 3.45. The summed E-state index contributed by atoms with van der Waals surface area (Å²) in [6, 6.07) is 10.9. The van der Waals surface area contributed by atoms with Crippen LogP contribution in [0.1, 0.15) is 12.5 Å². The Bertz CT molecular complexity index is 851. The lowest BCUT2D eigenvalue weighted by molar-refractivity contribution is -0.122. The lowest BCUT2D eigenvalue weighted by atomic mass is 10.1. The van der Waals surface area contributed by atoms with Crippen molar-refractivity contribution in [1.29, 1.82) is 0 Å². The van der Waals surface area contributed by atoms with E-state index in [9.17, 15) is 9.18 Å². The third-order valence-electron chi connectivity index (χ3n) is 5.04. The average molecular weight is 390 g/mol. The summed E-state index contributed by atoms with van der Waals surface area (Å²) < 4.78 is 20.0. The van der Waals surface area contributed by atoms with Gasteiger partial charge in [0.25, 0.3) is 5.91 Å². The van der Waals surface area contributed by atoms with Gasteiger partial charge in [0.1, 0.15) is 11.6 Å². The van der Waals surface area contributed by atoms with Gasteiger partial charge in [0.2, 0.25) is 0 Å². The SMILES string of the molecule is CC1Oc2cc(F)c(CN3CCN(c4ccc(Cl)cc4)CC3)cc2NC1=O. The molecule has 7 heteroatoms. The van der Waals surface area contributed by atoms with E-state index in [1.54, 1.807) is 13.0 Å². The van der Waals surface area contributed by atoms with E-state index in [0.29, 0.717) is 23.5 Å². The Morgan fingerprint density at radius 2 is 1.89 bits per heavy atom. The number of anilines is 2. The zero-order valence-electron chi connectivity index (χ0n) is 15.0. The molecule has 0 saturated carbocycles. The molecule has 1 unspecified atom stereocenters. The average Bonchev–Trinajstić information content (AvgIpc) is 2.65. The summed E-state index contributed by atoms with van der Waals surface area (Å²) in [5, 5.41) is 3.51. The van der Waals surface area contributed by atoms with Crippen LogP contribution in [-0.2, 0) is 11.3 Å². The molecule has 5 nitrogen and oxygen atoms in total. The number of piperazine rings is 1. The number of hydrogen-bond acceptors (Lipinski definition) is 4. The van der Waals surface area contributed by atoms with Crippen molar-refractivity contribution >= 4 is 28.9 Å². The van der Waals surface area contributed by atoms with Crippen LogP contribution in [0.25, 0.3) is 0 Å². The summed E-state index contributed by atoms with van der Waals surface area (Å²) in [6.07, 6.45) is -0.608. The van der Waals surface area contributed by atoms with Crippen molar-refractivity contribution in [2.45, 2.75) is 19.6 Å². The molecule has 0 aliphatic carbocycles. The van der Waals surface area contributed by atoms with E-state index in [1.807, 2.05) is 24.3 Å². The molecule has 2 aliphatic heterocycles. The Labute approximate surface area is 162 Å². The highest BCUT2D eigenvalue weighted by Gasteiger charge is 2.26. The van der Waals surface area contributed by atoms with Crippen LogP contribution < -0.4 is 15.0 Å². The number of halogens is 2. The minimum atomic E-state index is -0.608. The van der Waals surface area contributed by atoms with Gasteiger partial charge in [-0.2, -0.15) is 0 Å². The second-order valence-corrected chi connectivity index (χ2v) is 7.37. The maximum absolute atomic E-state index is 14.5. The number of rotatable bonds is 3. The van der Waals surface area contributed by atoms with Gasteiger partial charge in [0.05, 0.1) is 5.69 Å². The van der Waals surface area contributed by atoms with Crippen molar-refractivity contribution in [2.24, 2.45) is 0 Å². The topological polar surface area (TPSA) is 44.8 Å². The van der Waals surface area contributed by atoms with Crippen molar-refractivity contribution < 1.29 is 13.9 Å². The first-order valence-electron chi connectivity index (χ1n) is 9.02. The van der Waals surface area contributed by atoms with Crippen molar-refractivity contribution in [1.82, 2.24) is 4.90 Å². The van der Waals surface area contributed by atoms with Gasteiger partial charge >= 0.3 is 0 Å².